The number of carboxylic acid groups (broad SMARTS) is 1. The first-order valence-electron chi connectivity index (χ1n) is 4.90. The summed E-state index contributed by atoms with van der Waals surface area (Å²) in [6, 6.07) is 2.82. The Kier molecular flexibility index (Phi) is 4.67. The van der Waals surface area contributed by atoms with Crippen LogP contribution in [-0.4, -0.2) is 29.1 Å². The van der Waals surface area contributed by atoms with E-state index in [0.717, 1.165) is 0 Å². The third-order valence-corrected chi connectivity index (χ3v) is 2.30. The van der Waals surface area contributed by atoms with Gasteiger partial charge in [0.25, 0.3) is 0 Å². The number of carboxylic acids is 1. The number of pyridine rings is 1. The molecule has 18 heavy (non-hydrogen) atoms. The van der Waals surface area contributed by atoms with Crippen LogP contribution in [0.25, 0.3) is 0 Å². The molecule has 0 aliphatic heterocycles. The maximum atomic E-state index is 10.8. The Morgan fingerprint density at radius 2 is 2.33 bits per heavy atom. The molecule has 0 aromatic carbocycles. The van der Waals surface area contributed by atoms with Crippen molar-refractivity contribution in [3.8, 4) is 0 Å². The Morgan fingerprint density at radius 1 is 1.67 bits per heavy atom. The van der Waals surface area contributed by atoms with Gasteiger partial charge in [0.2, 0.25) is 5.90 Å². The third kappa shape index (κ3) is 3.21. The first-order valence-corrected chi connectivity index (χ1v) is 5.28. The lowest BCUT2D eigenvalue weighted by Gasteiger charge is -2.14. The zero-order valence-electron chi connectivity index (χ0n) is 9.92. The van der Waals surface area contributed by atoms with Crippen LogP contribution in [0.4, 0.5) is 5.82 Å². The first kappa shape index (κ1) is 14.0. The van der Waals surface area contributed by atoms with Crippen molar-refractivity contribution < 1.29 is 14.6 Å². The molecule has 0 aliphatic carbocycles. The largest absolute Gasteiger partial charge is 0.483 e. The van der Waals surface area contributed by atoms with E-state index in [1.165, 1.54) is 30.5 Å². The Bertz CT molecular complexity index is 502. The lowest BCUT2D eigenvalue weighted by molar-refractivity contribution is 0.0696. The van der Waals surface area contributed by atoms with E-state index in [1.807, 2.05) is 0 Å². The zero-order valence-corrected chi connectivity index (χ0v) is 10.7. The standard InChI is InChI=1S/C11H12ClN3O3/c1-4-15(14-7(2)18-3)9-6-5-8(11(16)17)10(12)13-9/h4-6H,1H2,2-3H3,(H,16,17)/b14-7+. The van der Waals surface area contributed by atoms with Gasteiger partial charge < -0.3 is 9.84 Å². The van der Waals surface area contributed by atoms with Crippen molar-refractivity contribution in [3.05, 3.63) is 35.6 Å². The summed E-state index contributed by atoms with van der Waals surface area (Å²) in [5.74, 6) is -0.396. The minimum absolute atomic E-state index is 0.0723. The molecule has 0 spiro atoms. The van der Waals surface area contributed by atoms with Crippen molar-refractivity contribution in [2.45, 2.75) is 6.92 Å². The molecule has 0 saturated heterocycles. The number of rotatable bonds is 4. The number of halogens is 1. The molecule has 6 nitrogen and oxygen atoms in total. The van der Waals surface area contributed by atoms with Crippen LogP contribution in [0.3, 0.4) is 0 Å². The van der Waals surface area contributed by atoms with Crippen molar-refractivity contribution in [2.24, 2.45) is 5.10 Å². The van der Waals surface area contributed by atoms with Crippen LogP contribution in [0.1, 0.15) is 17.3 Å². The average molecular weight is 270 g/mol. The molecule has 0 bridgehead atoms. The number of aromatic nitrogens is 1. The topological polar surface area (TPSA) is 75.0 Å². The van der Waals surface area contributed by atoms with Crippen molar-refractivity contribution in [3.63, 3.8) is 0 Å². The number of anilines is 1. The van der Waals surface area contributed by atoms with Gasteiger partial charge in [0.15, 0.2) is 5.82 Å². The molecule has 1 aromatic heterocycles. The highest BCUT2D eigenvalue weighted by molar-refractivity contribution is 6.32. The number of aromatic carboxylic acids is 1. The van der Waals surface area contributed by atoms with E-state index in [9.17, 15) is 4.79 Å². The van der Waals surface area contributed by atoms with Gasteiger partial charge in [-0.1, -0.05) is 18.2 Å². The third-order valence-electron chi connectivity index (χ3n) is 2.02. The lowest BCUT2D eigenvalue weighted by atomic mass is 10.3. The fourth-order valence-corrected chi connectivity index (χ4v) is 1.32. The summed E-state index contributed by atoms with van der Waals surface area (Å²) >= 11 is 5.76. The molecule has 0 aliphatic rings. The second-order valence-corrected chi connectivity index (χ2v) is 3.52. The summed E-state index contributed by atoms with van der Waals surface area (Å²) in [7, 11) is 1.48. The van der Waals surface area contributed by atoms with E-state index < -0.39 is 5.97 Å². The molecule has 0 amide bonds. The Balaban J connectivity index is 3.13. The van der Waals surface area contributed by atoms with E-state index >= 15 is 0 Å². The molecule has 96 valence electrons. The maximum Gasteiger partial charge on any atom is 0.338 e. The highest BCUT2D eigenvalue weighted by atomic mass is 35.5. The summed E-state index contributed by atoms with van der Waals surface area (Å²) in [5.41, 5.74) is -0.0723. The number of hydrazone groups is 1. The number of nitrogens with zero attached hydrogens (tertiary/aromatic N) is 3. The van der Waals surface area contributed by atoms with Gasteiger partial charge >= 0.3 is 5.97 Å². The molecule has 7 heteroatoms. The van der Waals surface area contributed by atoms with Crippen LogP contribution in [-0.2, 0) is 4.74 Å². The molecule has 1 aromatic rings. The minimum Gasteiger partial charge on any atom is -0.483 e. The predicted molar refractivity (Wildman–Crippen MR) is 69.0 cm³/mol. The van der Waals surface area contributed by atoms with Crippen LogP contribution in [0.5, 0.6) is 0 Å². The van der Waals surface area contributed by atoms with Crippen LogP contribution in [0.15, 0.2) is 30.0 Å². The summed E-state index contributed by atoms with van der Waals surface area (Å²) in [6.07, 6.45) is 1.40. The smallest absolute Gasteiger partial charge is 0.338 e. The average Bonchev–Trinajstić information content (AvgIpc) is 2.34. The van der Waals surface area contributed by atoms with Crippen molar-refractivity contribution in [1.82, 2.24) is 4.98 Å². The molecule has 0 fully saturated rings. The molecule has 0 saturated carbocycles. The van der Waals surface area contributed by atoms with Gasteiger partial charge in [-0.3, -0.25) is 0 Å². The molecule has 1 rings (SSSR count). The van der Waals surface area contributed by atoms with Gasteiger partial charge in [-0.25, -0.2) is 14.8 Å². The second-order valence-electron chi connectivity index (χ2n) is 3.16. The van der Waals surface area contributed by atoms with E-state index in [2.05, 4.69) is 16.7 Å². The van der Waals surface area contributed by atoms with Crippen LogP contribution >= 0.6 is 11.6 Å². The van der Waals surface area contributed by atoms with E-state index in [4.69, 9.17) is 21.4 Å². The van der Waals surface area contributed by atoms with Crippen molar-refractivity contribution in [1.29, 1.82) is 0 Å². The van der Waals surface area contributed by atoms with E-state index in [1.54, 1.807) is 6.92 Å². The molecule has 1 heterocycles. The minimum atomic E-state index is -1.14. The Hall–Kier alpha value is -2.08. The lowest BCUT2D eigenvalue weighted by Crippen LogP contribution is -2.13. The summed E-state index contributed by atoms with van der Waals surface area (Å²) in [6.45, 7) is 5.23. The zero-order chi connectivity index (χ0) is 13.7. The molecule has 0 radical (unpaired) electrons. The SMILES string of the molecule is C=CN(/N=C(\C)OC)c1ccc(C(=O)O)c(Cl)n1. The summed E-state index contributed by atoms with van der Waals surface area (Å²) in [5, 5.41) is 14.1. The monoisotopic (exact) mass is 269 g/mol. The van der Waals surface area contributed by atoms with Gasteiger partial charge in [-0.05, 0) is 12.1 Å². The molecule has 0 atom stereocenters. The number of hydrogen-bond donors (Lipinski definition) is 1. The van der Waals surface area contributed by atoms with Crippen molar-refractivity contribution >= 4 is 29.3 Å². The van der Waals surface area contributed by atoms with Crippen LogP contribution in [0.2, 0.25) is 5.15 Å². The summed E-state index contributed by atoms with van der Waals surface area (Å²) < 4.78 is 4.90. The maximum absolute atomic E-state index is 10.8. The highest BCUT2D eigenvalue weighted by Gasteiger charge is 2.12. The van der Waals surface area contributed by atoms with Crippen LogP contribution in [0, 0.1) is 0 Å². The van der Waals surface area contributed by atoms with Crippen LogP contribution < -0.4 is 5.01 Å². The normalized spacial score (nSPS) is 10.9. The van der Waals surface area contributed by atoms with Gasteiger partial charge in [-0.15, -0.1) is 5.10 Å². The van der Waals surface area contributed by atoms with Gasteiger partial charge in [0.1, 0.15) is 5.15 Å². The molecular formula is C11H12ClN3O3. The first-order chi connectivity index (χ1) is 8.49. The number of carbonyl (C=O) groups is 1. The number of hydrogen-bond acceptors (Lipinski definition) is 5. The van der Waals surface area contributed by atoms with Gasteiger partial charge in [0, 0.05) is 13.1 Å². The fraction of sp³-hybridized carbons (Fsp3) is 0.182. The van der Waals surface area contributed by atoms with Gasteiger partial charge in [0.05, 0.1) is 12.7 Å². The van der Waals surface area contributed by atoms with E-state index in [-0.39, 0.29) is 10.7 Å². The second kappa shape index (κ2) is 6.02. The van der Waals surface area contributed by atoms with Crippen molar-refractivity contribution in [2.75, 3.05) is 12.1 Å². The fourth-order valence-electron chi connectivity index (χ4n) is 1.09. The quantitative estimate of drug-likeness (QED) is 0.393. The van der Waals surface area contributed by atoms with Gasteiger partial charge in [-0.2, -0.15) is 0 Å². The predicted octanol–water partition coefficient (Wildman–Crippen LogP) is 2.36. The number of ether oxygens (including phenoxy) is 1. The Labute approximate surface area is 109 Å². The molecular weight excluding hydrogens is 258 g/mol. The molecule has 1 N–H and O–H groups in total. The highest BCUT2D eigenvalue weighted by Crippen LogP contribution is 2.20. The summed E-state index contributed by atoms with van der Waals surface area (Å²) in [4.78, 5) is 14.7. The Morgan fingerprint density at radius 3 is 2.78 bits per heavy atom. The number of methoxy groups -OCH3 is 1. The van der Waals surface area contributed by atoms with E-state index in [0.29, 0.717) is 11.7 Å². The molecule has 0 unspecified atom stereocenters.